The molecule has 0 aliphatic rings. The van der Waals surface area contributed by atoms with Gasteiger partial charge in [0, 0.05) is 10.0 Å². The summed E-state index contributed by atoms with van der Waals surface area (Å²) in [5, 5.41) is 13.2. The lowest BCUT2D eigenvalue weighted by Crippen LogP contribution is -2.28. The van der Waals surface area contributed by atoms with Crippen LogP contribution < -0.4 is 10.1 Å². The number of nitrogens with one attached hydrogen (secondary N) is 1. The fourth-order valence-electron chi connectivity index (χ4n) is 3.01. The minimum absolute atomic E-state index is 0.133. The molecule has 5 nitrogen and oxygen atoms in total. The largest absolute Gasteiger partial charge is 0.488 e. The zero-order valence-corrected chi connectivity index (χ0v) is 17.6. The summed E-state index contributed by atoms with van der Waals surface area (Å²) in [6, 6.07) is 18.0. The van der Waals surface area contributed by atoms with Gasteiger partial charge in [0.05, 0.1) is 17.2 Å². The molecule has 0 aromatic heterocycles. The minimum Gasteiger partial charge on any atom is -0.488 e. The number of carbonyl (C=O) groups excluding carboxylic acids is 1. The first kappa shape index (κ1) is 21.7. The third-order valence-electron chi connectivity index (χ3n) is 4.47. The highest BCUT2D eigenvalue weighted by molar-refractivity contribution is 6.31. The van der Waals surface area contributed by atoms with Crippen LogP contribution in [0.15, 0.2) is 66.7 Å². The first-order valence-corrected chi connectivity index (χ1v) is 9.90. The fraction of sp³-hybridized carbons (Fsp3) is 0.130. The monoisotopic (exact) mass is 443 g/mol. The van der Waals surface area contributed by atoms with Crippen LogP contribution in [-0.4, -0.2) is 17.0 Å². The number of hydrogen-bond acceptors (Lipinski definition) is 3. The summed E-state index contributed by atoms with van der Waals surface area (Å²) in [6.07, 6.45) is 0. The Balaban J connectivity index is 1.80. The second-order valence-corrected chi connectivity index (χ2v) is 7.52. The van der Waals surface area contributed by atoms with Gasteiger partial charge >= 0.3 is 5.97 Å². The van der Waals surface area contributed by atoms with E-state index in [1.807, 2.05) is 12.1 Å². The van der Waals surface area contributed by atoms with Crippen molar-refractivity contribution in [2.45, 2.75) is 19.6 Å². The Labute approximate surface area is 184 Å². The van der Waals surface area contributed by atoms with Crippen molar-refractivity contribution in [2.24, 2.45) is 0 Å². The average Bonchev–Trinajstić information content (AvgIpc) is 2.72. The van der Waals surface area contributed by atoms with E-state index < -0.39 is 17.9 Å². The van der Waals surface area contributed by atoms with E-state index in [9.17, 15) is 14.7 Å². The molecule has 7 heteroatoms. The van der Waals surface area contributed by atoms with Gasteiger partial charge in [0.2, 0.25) is 0 Å². The summed E-state index contributed by atoms with van der Waals surface area (Å²) in [5.74, 6) is -1.12. The SMILES string of the molecule is C[C@H](NC(=O)c1cc(Cl)ccc1OCc1cccc(Cl)c1)c1ccccc1C(=O)O. The molecule has 0 spiro atoms. The van der Waals surface area contributed by atoms with Gasteiger partial charge in [-0.2, -0.15) is 0 Å². The molecule has 3 aromatic rings. The van der Waals surface area contributed by atoms with Gasteiger partial charge < -0.3 is 15.2 Å². The van der Waals surface area contributed by atoms with Crippen LogP contribution >= 0.6 is 23.2 Å². The molecule has 0 heterocycles. The molecule has 1 atom stereocenters. The summed E-state index contributed by atoms with van der Waals surface area (Å²) >= 11 is 12.1. The van der Waals surface area contributed by atoms with Crippen LogP contribution in [0.1, 0.15) is 44.8 Å². The highest BCUT2D eigenvalue weighted by Crippen LogP contribution is 2.26. The molecule has 0 saturated carbocycles. The number of ether oxygens (including phenoxy) is 1. The molecular formula is C23H19Cl2NO4. The van der Waals surface area contributed by atoms with E-state index >= 15 is 0 Å². The Hall–Kier alpha value is -3.02. The van der Waals surface area contributed by atoms with E-state index in [0.717, 1.165) is 5.56 Å². The third-order valence-corrected chi connectivity index (χ3v) is 4.95. The summed E-state index contributed by atoms with van der Waals surface area (Å²) in [6.45, 7) is 1.94. The second-order valence-electron chi connectivity index (χ2n) is 6.65. The number of aromatic carboxylic acids is 1. The number of carboxylic acids is 1. The third kappa shape index (κ3) is 5.32. The van der Waals surface area contributed by atoms with E-state index in [1.54, 1.807) is 49.4 Å². The van der Waals surface area contributed by atoms with E-state index in [-0.39, 0.29) is 17.7 Å². The average molecular weight is 444 g/mol. The van der Waals surface area contributed by atoms with E-state index in [1.165, 1.54) is 12.1 Å². The van der Waals surface area contributed by atoms with Crippen molar-refractivity contribution in [3.63, 3.8) is 0 Å². The Morgan fingerprint density at radius 2 is 1.70 bits per heavy atom. The lowest BCUT2D eigenvalue weighted by Gasteiger charge is -2.18. The highest BCUT2D eigenvalue weighted by Gasteiger charge is 2.20. The van der Waals surface area contributed by atoms with E-state index in [4.69, 9.17) is 27.9 Å². The quantitative estimate of drug-likeness (QED) is 0.486. The molecule has 0 unspecified atom stereocenters. The van der Waals surface area contributed by atoms with Crippen molar-refractivity contribution < 1.29 is 19.4 Å². The predicted octanol–water partition coefficient (Wildman–Crippen LogP) is 5.76. The number of carboxylic acid groups (broad SMARTS) is 1. The van der Waals surface area contributed by atoms with Gasteiger partial charge in [-0.3, -0.25) is 4.79 Å². The molecule has 30 heavy (non-hydrogen) atoms. The molecule has 0 fully saturated rings. The van der Waals surface area contributed by atoms with Crippen molar-refractivity contribution in [3.8, 4) is 5.75 Å². The first-order valence-electron chi connectivity index (χ1n) is 9.15. The Kier molecular flexibility index (Phi) is 6.98. The predicted molar refractivity (Wildman–Crippen MR) is 117 cm³/mol. The highest BCUT2D eigenvalue weighted by atomic mass is 35.5. The van der Waals surface area contributed by atoms with Crippen molar-refractivity contribution in [2.75, 3.05) is 0 Å². The molecule has 2 N–H and O–H groups in total. The maximum absolute atomic E-state index is 12.9. The topological polar surface area (TPSA) is 75.6 Å². The van der Waals surface area contributed by atoms with Crippen molar-refractivity contribution in [1.82, 2.24) is 5.32 Å². The molecule has 0 aliphatic carbocycles. The number of rotatable bonds is 7. The Morgan fingerprint density at radius 1 is 0.967 bits per heavy atom. The van der Waals surface area contributed by atoms with Gasteiger partial charge in [0.1, 0.15) is 12.4 Å². The summed E-state index contributed by atoms with van der Waals surface area (Å²) < 4.78 is 5.83. The standard InChI is InChI=1S/C23H19Cl2NO4/c1-14(18-7-2-3-8-19(18)23(28)29)26-22(27)20-12-17(25)9-10-21(20)30-13-15-5-4-6-16(24)11-15/h2-12,14H,13H2,1H3,(H,26,27)(H,28,29)/t14-/m0/s1. The maximum Gasteiger partial charge on any atom is 0.336 e. The van der Waals surface area contributed by atoms with Crippen LogP contribution in [0.2, 0.25) is 10.0 Å². The van der Waals surface area contributed by atoms with Crippen LogP contribution in [-0.2, 0) is 6.61 Å². The van der Waals surface area contributed by atoms with Crippen LogP contribution in [0.3, 0.4) is 0 Å². The van der Waals surface area contributed by atoms with E-state index in [0.29, 0.717) is 21.4 Å². The molecule has 0 bridgehead atoms. The molecule has 0 radical (unpaired) electrons. The maximum atomic E-state index is 12.9. The fourth-order valence-corrected chi connectivity index (χ4v) is 3.40. The Bertz CT molecular complexity index is 1080. The molecule has 3 rings (SSSR count). The van der Waals surface area contributed by atoms with Crippen LogP contribution in [0, 0.1) is 0 Å². The number of carbonyl (C=O) groups is 2. The smallest absolute Gasteiger partial charge is 0.336 e. The summed E-state index contributed by atoms with van der Waals surface area (Å²) in [7, 11) is 0. The van der Waals surface area contributed by atoms with Gasteiger partial charge in [-0.05, 0) is 54.4 Å². The molecule has 0 saturated heterocycles. The molecule has 3 aromatic carbocycles. The molecule has 1 amide bonds. The number of amides is 1. The van der Waals surface area contributed by atoms with Crippen LogP contribution in [0.4, 0.5) is 0 Å². The minimum atomic E-state index is -1.06. The second kappa shape index (κ2) is 9.65. The van der Waals surface area contributed by atoms with Crippen LogP contribution in [0.5, 0.6) is 5.75 Å². The number of halogens is 2. The Morgan fingerprint density at radius 3 is 2.43 bits per heavy atom. The zero-order chi connectivity index (χ0) is 21.7. The van der Waals surface area contributed by atoms with Gasteiger partial charge in [0.25, 0.3) is 5.91 Å². The van der Waals surface area contributed by atoms with Gasteiger partial charge in [0.15, 0.2) is 0 Å². The number of benzene rings is 3. The zero-order valence-electron chi connectivity index (χ0n) is 16.1. The number of hydrogen-bond donors (Lipinski definition) is 2. The van der Waals surface area contributed by atoms with Crippen LogP contribution in [0.25, 0.3) is 0 Å². The lowest BCUT2D eigenvalue weighted by molar-refractivity contribution is 0.0693. The van der Waals surface area contributed by atoms with E-state index in [2.05, 4.69) is 5.32 Å². The van der Waals surface area contributed by atoms with Crippen molar-refractivity contribution in [1.29, 1.82) is 0 Å². The summed E-state index contributed by atoms with van der Waals surface area (Å²) in [4.78, 5) is 24.4. The van der Waals surface area contributed by atoms with Gasteiger partial charge in [-0.15, -0.1) is 0 Å². The first-order chi connectivity index (χ1) is 14.3. The molecular weight excluding hydrogens is 425 g/mol. The van der Waals surface area contributed by atoms with Crippen molar-refractivity contribution in [3.05, 3.63) is 99.0 Å². The van der Waals surface area contributed by atoms with Gasteiger partial charge in [-0.25, -0.2) is 4.79 Å². The molecule has 154 valence electrons. The van der Waals surface area contributed by atoms with Gasteiger partial charge in [-0.1, -0.05) is 53.5 Å². The van der Waals surface area contributed by atoms with Crippen molar-refractivity contribution >= 4 is 35.1 Å². The summed E-state index contributed by atoms with van der Waals surface area (Å²) in [5.41, 5.74) is 1.74. The lowest BCUT2D eigenvalue weighted by atomic mass is 10.0. The normalized spacial score (nSPS) is 11.6. The molecule has 0 aliphatic heterocycles.